The molecule has 2 aliphatic rings. The Morgan fingerprint density at radius 1 is 1.19 bits per heavy atom. The fourth-order valence-electron chi connectivity index (χ4n) is 3.73. The maximum absolute atomic E-state index is 13.1. The first-order valence-corrected chi connectivity index (χ1v) is 11.1. The molecule has 2 saturated heterocycles. The monoisotopic (exact) mass is 434 g/mol. The smallest absolute Gasteiger partial charge is 0.410 e. The van der Waals surface area contributed by atoms with Crippen molar-refractivity contribution in [3.05, 3.63) is 27.7 Å². The van der Waals surface area contributed by atoms with E-state index in [4.69, 9.17) is 27.9 Å². The van der Waals surface area contributed by atoms with E-state index < -0.39 is 10.0 Å². The number of amides is 1. The SMILES string of the molecule is Cc1cc(Cl)cc(Cl)c1S(=O)(=O)N1CCC(N2CC(C)(C)COC2=O)CC1. The van der Waals surface area contributed by atoms with Crippen molar-refractivity contribution in [1.29, 1.82) is 0 Å². The Bertz CT molecular complexity index is 826. The van der Waals surface area contributed by atoms with Gasteiger partial charge >= 0.3 is 6.09 Å². The first-order chi connectivity index (χ1) is 12.5. The molecule has 0 unspecified atom stereocenters. The molecule has 0 bridgehead atoms. The number of cyclic esters (lactones) is 1. The molecule has 2 heterocycles. The molecule has 0 N–H and O–H groups in total. The molecule has 1 amide bonds. The number of hydrogen-bond acceptors (Lipinski definition) is 4. The summed E-state index contributed by atoms with van der Waals surface area (Å²) in [6, 6.07) is 3.02. The van der Waals surface area contributed by atoms with Crippen LogP contribution in [0.3, 0.4) is 0 Å². The quantitative estimate of drug-likeness (QED) is 0.722. The zero-order valence-electron chi connectivity index (χ0n) is 15.7. The highest BCUT2D eigenvalue weighted by atomic mass is 35.5. The number of piperidine rings is 1. The van der Waals surface area contributed by atoms with Crippen molar-refractivity contribution in [2.24, 2.45) is 5.41 Å². The molecule has 0 atom stereocenters. The first-order valence-electron chi connectivity index (χ1n) is 8.90. The van der Waals surface area contributed by atoms with Crippen LogP contribution in [0, 0.1) is 12.3 Å². The summed E-state index contributed by atoms with van der Waals surface area (Å²) >= 11 is 12.1. The predicted octanol–water partition coefficient (Wildman–Crippen LogP) is 3.93. The van der Waals surface area contributed by atoms with Crippen molar-refractivity contribution in [3.8, 4) is 0 Å². The molecule has 1 aromatic rings. The second-order valence-electron chi connectivity index (χ2n) is 8.02. The van der Waals surface area contributed by atoms with Gasteiger partial charge in [0.25, 0.3) is 0 Å². The lowest BCUT2D eigenvalue weighted by Crippen LogP contribution is -2.55. The van der Waals surface area contributed by atoms with E-state index in [9.17, 15) is 13.2 Å². The number of rotatable bonds is 3. The van der Waals surface area contributed by atoms with Crippen molar-refractivity contribution >= 4 is 39.3 Å². The lowest BCUT2D eigenvalue weighted by atomic mass is 9.91. The zero-order chi connectivity index (χ0) is 20.0. The molecule has 0 aliphatic carbocycles. The van der Waals surface area contributed by atoms with Crippen LogP contribution in [-0.2, 0) is 14.8 Å². The molecule has 6 nitrogen and oxygen atoms in total. The van der Waals surface area contributed by atoms with E-state index in [-0.39, 0.29) is 27.5 Å². The van der Waals surface area contributed by atoms with Crippen LogP contribution in [0.15, 0.2) is 17.0 Å². The van der Waals surface area contributed by atoms with Crippen molar-refractivity contribution in [2.45, 2.75) is 44.6 Å². The van der Waals surface area contributed by atoms with E-state index >= 15 is 0 Å². The molecule has 1 aromatic carbocycles. The van der Waals surface area contributed by atoms with Crippen LogP contribution in [0.5, 0.6) is 0 Å². The van der Waals surface area contributed by atoms with E-state index in [1.807, 2.05) is 0 Å². The zero-order valence-corrected chi connectivity index (χ0v) is 18.0. The summed E-state index contributed by atoms with van der Waals surface area (Å²) in [4.78, 5) is 14.0. The van der Waals surface area contributed by atoms with Crippen molar-refractivity contribution < 1.29 is 17.9 Å². The van der Waals surface area contributed by atoms with Gasteiger partial charge in [0.2, 0.25) is 10.0 Å². The average molecular weight is 435 g/mol. The van der Waals surface area contributed by atoms with Crippen molar-refractivity contribution in [1.82, 2.24) is 9.21 Å². The van der Waals surface area contributed by atoms with E-state index in [2.05, 4.69) is 13.8 Å². The lowest BCUT2D eigenvalue weighted by molar-refractivity contribution is -0.0129. The van der Waals surface area contributed by atoms with Crippen LogP contribution < -0.4 is 0 Å². The summed E-state index contributed by atoms with van der Waals surface area (Å²) in [5.41, 5.74) is 0.418. The van der Waals surface area contributed by atoms with Crippen LogP contribution in [0.2, 0.25) is 10.0 Å². The summed E-state index contributed by atoms with van der Waals surface area (Å²) in [5, 5.41) is 0.532. The minimum atomic E-state index is -3.72. The van der Waals surface area contributed by atoms with E-state index in [1.165, 1.54) is 10.4 Å². The van der Waals surface area contributed by atoms with Gasteiger partial charge in [-0.2, -0.15) is 4.31 Å². The minimum absolute atomic E-state index is 0.0229. The fourth-order valence-corrected chi connectivity index (χ4v) is 6.34. The van der Waals surface area contributed by atoms with Gasteiger partial charge < -0.3 is 9.64 Å². The summed E-state index contributed by atoms with van der Waals surface area (Å²) in [7, 11) is -3.72. The Kier molecular flexibility index (Phi) is 5.70. The molecule has 150 valence electrons. The molecule has 27 heavy (non-hydrogen) atoms. The molecule has 3 rings (SSSR count). The molecule has 9 heteroatoms. The Hall–Kier alpha value is -1.02. The van der Waals surface area contributed by atoms with Crippen LogP contribution in [0.4, 0.5) is 4.79 Å². The van der Waals surface area contributed by atoms with Crippen LogP contribution in [0.25, 0.3) is 0 Å². The van der Waals surface area contributed by atoms with Gasteiger partial charge in [-0.25, -0.2) is 13.2 Å². The fraction of sp³-hybridized carbons (Fsp3) is 0.611. The largest absolute Gasteiger partial charge is 0.449 e. The standard InChI is InChI=1S/C18H24Cl2N2O4S/c1-12-8-13(19)9-15(20)16(12)27(24,25)21-6-4-14(5-7-21)22-10-18(2,3)11-26-17(22)23/h8-9,14H,4-7,10-11H2,1-3H3. The maximum atomic E-state index is 13.1. The van der Waals surface area contributed by atoms with Gasteiger partial charge in [-0.05, 0) is 37.5 Å². The third-order valence-electron chi connectivity index (χ3n) is 5.08. The first kappa shape index (κ1) is 20.7. The lowest BCUT2D eigenvalue weighted by Gasteiger charge is -2.43. The molecule has 0 spiro atoms. The van der Waals surface area contributed by atoms with Gasteiger partial charge in [-0.3, -0.25) is 0 Å². The molecule has 0 radical (unpaired) electrons. The van der Waals surface area contributed by atoms with E-state index in [1.54, 1.807) is 17.9 Å². The second-order valence-corrected chi connectivity index (χ2v) is 10.7. The van der Waals surface area contributed by atoms with Gasteiger partial charge in [0.15, 0.2) is 0 Å². The highest BCUT2D eigenvalue weighted by Gasteiger charge is 2.40. The summed E-state index contributed by atoms with van der Waals surface area (Å²) in [6.45, 7) is 7.47. The number of carbonyl (C=O) groups is 1. The van der Waals surface area contributed by atoms with Gasteiger partial charge in [-0.15, -0.1) is 0 Å². The summed E-state index contributed by atoms with van der Waals surface area (Å²) in [5.74, 6) is 0. The van der Waals surface area contributed by atoms with Gasteiger partial charge in [0, 0.05) is 36.1 Å². The number of nitrogens with zero attached hydrogens (tertiary/aromatic N) is 2. The summed E-state index contributed by atoms with van der Waals surface area (Å²) in [6.07, 6.45) is 0.816. The maximum Gasteiger partial charge on any atom is 0.410 e. The number of sulfonamides is 1. The van der Waals surface area contributed by atoms with Gasteiger partial charge in [0.05, 0.1) is 11.6 Å². The number of benzene rings is 1. The third-order valence-corrected chi connectivity index (χ3v) is 7.81. The molecular weight excluding hydrogens is 411 g/mol. The molecule has 0 aromatic heterocycles. The number of halogens is 2. The topological polar surface area (TPSA) is 66.9 Å². The number of aryl methyl sites for hydroxylation is 1. The van der Waals surface area contributed by atoms with Crippen LogP contribution >= 0.6 is 23.2 Å². The molecular formula is C18H24Cl2N2O4S. The highest BCUT2D eigenvalue weighted by molar-refractivity contribution is 7.89. The van der Waals surface area contributed by atoms with Gasteiger partial charge in [-0.1, -0.05) is 37.0 Å². The third kappa shape index (κ3) is 4.21. The van der Waals surface area contributed by atoms with Crippen LogP contribution in [-0.4, -0.2) is 56.0 Å². The highest BCUT2D eigenvalue weighted by Crippen LogP contribution is 2.34. The minimum Gasteiger partial charge on any atom is -0.449 e. The number of hydrogen-bond donors (Lipinski definition) is 0. The van der Waals surface area contributed by atoms with Crippen molar-refractivity contribution in [2.75, 3.05) is 26.2 Å². The Morgan fingerprint density at radius 3 is 2.41 bits per heavy atom. The van der Waals surface area contributed by atoms with Crippen molar-refractivity contribution in [3.63, 3.8) is 0 Å². The van der Waals surface area contributed by atoms with E-state index in [0.717, 1.165) is 0 Å². The normalized spacial score (nSPS) is 22.0. The Morgan fingerprint density at radius 2 is 1.81 bits per heavy atom. The number of carbonyl (C=O) groups excluding carboxylic acids is 1. The van der Waals surface area contributed by atoms with Gasteiger partial charge in [0.1, 0.15) is 4.90 Å². The Labute approximate surface area is 170 Å². The summed E-state index contributed by atoms with van der Waals surface area (Å²) < 4.78 is 32.9. The Balaban J connectivity index is 1.75. The molecule has 2 fully saturated rings. The second kappa shape index (κ2) is 7.43. The molecule has 0 saturated carbocycles. The average Bonchev–Trinajstić information content (AvgIpc) is 2.56. The number of ether oxygens (including phenoxy) is 1. The molecule has 2 aliphatic heterocycles. The van der Waals surface area contributed by atoms with Crippen LogP contribution in [0.1, 0.15) is 32.3 Å². The van der Waals surface area contributed by atoms with E-state index in [0.29, 0.717) is 49.7 Å². The predicted molar refractivity (Wildman–Crippen MR) is 105 cm³/mol.